The van der Waals surface area contributed by atoms with Gasteiger partial charge < -0.3 is 10.3 Å². The number of thiophene rings is 1. The van der Waals surface area contributed by atoms with E-state index in [-0.39, 0.29) is 0 Å². The molecule has 0 spiro atoms. The van der Waals surface area contributed by atoms with Crippen LogP contribution < -0.4 is 5.73 Å². The largest absolute Gasteiger partial charge is 0.336 e. The SMILES string of the molecule is NCCn1cnc(CN(Cc2cccs2)C2CC2)c1. The molecule has 2 N–H and O–H groups in total. The second kappa shape index (κ2) is 5.86. The molecule has 0 bridgehead atoms. The van der Waals surface area contributed by atoms with E-state index < -0.39 is 0 Å². The molecular weight excluding hydrogens is 256 g/mol. The van der Waals surface area contributed by atoms with Crippen molar-refractivity contribution in [2.45, 2.75) is 38.5 Å². The summed E-state index contributed by atoms with van der Waals surface area (Å²) >= 11 is 1.84. The Kier molecular flexibility index (Phi) is 3.96. The summed E-state index contributed by atoms with van der Waals surface area (Å²) in [6, 6.07) is 5.09. The molecule has 2 heterocycles. The molecule has 2 aromatic rings. The first kappa shape index (κ1) is 12.8. The Morgan fingerprint density at radius 3 is 3.00 bits per heavy atom. The molecule has 102 valence electrons. The van der Waals surface area contributed by atoms with Crippen LogP contribution in [0.25, 0.3) is 0 Å². The van der Waals surface area contributed by atoms with Crippen LogP contribution in [0.2, 0.25) is 0 Å². The Hall–Kier alpha value is -1.17. The zero-order valence-electron chi connectivity index (χ0n) is 11.0. The van der Waals surface area contributed by atoms with Crippen LogP contribution in [-0.2, 0) is 19.6 Å². The van der Waals surface area contributed by atoms with Gasteiger partial charge in [0.15, 0.2) is 0 Å². The van der Waals surface area contributed by atoms with Crippen molar-refractivity contribution in [2.24, 2.45) is 5.73 Å². The van der Waals surface area contributed by atoms with Crippen LogP contribution in [0.5, 0.6) is 0 Å². The van der Waals surface area contributed by atoms with Crippen molar-refractivity contribution in [3.63, 3.8) is 0 Å². The number of aromatic nitrogens is 2. The van der Waals surface area contributed by atoms with Crippen molar-refractivity contribution in [2.75, 3.05) is 6.54 Å². The number of nitrogens with two attached hydrogens (primary N) is 1. The third kappa shape index (κ3) is 3.43. The molecular formula is C14H20N4S. The van der Waals surface area contributed by atoms with Gasteiger partial charge in [-0.3, -0.25) is 4.90 Å². The quantitative estimate of drug-likeness (QED) is 0.842. The first-order valence-corrected chi connectivity index (χ1v) is 7.70. The molecule has 0 amide bonds. The summed E-state index contributed by atoms with van der Waals surface area (Å²) in [5.41, 5.74) is 6.71. The van der Waals surface area contributed by atoms with Gasteiger partial charge in [0.05, 0.1) is 12.0 Å². The highest BCUT2D eigenvalue weighted by atomic mass is 32.1. The minimum atomic E-state index is 0.664. The van der Waals surface area contributed by atoms with E-state index in [0.29, 0.717) is 6.54 Å². The molecule has 1 aliphatic rings. The average Bonchev–Trinajstić information content (AvgIpc) is 2.95. The summed E-state index contributed by atoms with van der Waals surface area (Å²) in [5.74, 6) is 0. The van der Waals surface area contributed by atoms with Gasteiger partial charge in [-0.25, -0.2) is 4.98 Å². The molecule has 1 fully saturated rings. The average molecular weight is 276 g/mol. The summed E-state index contributed by atoms with van der Waals surface area (Å²) in [4.78, 5) is 8.46. The van der Waals surface area contributed by atoms with Crippen LogP contribution in [0, 0.1) is 0 Å². The maximum absolute atomic E-state index is 5.56. The lowest BCUT2D eigenvalue weighted by molar-refractivity contribution is 0.245. The van der Waals surface area contributed by atoms with Crippen LogP contribution in [0.1, 0.15) is 23.4 Å². The van der Waals surface area contributed by atoms with E-state index in [0.717, 1.165) is 31.4 Å². The molecule has 0 unspecified atom stereocenters. The fraction of sp³-hybridized carbons (Fsp3) is 0.500. The lowest BCUT2D eigenvalue weighted by Crippen LogP contribution is -2.24. The van der Waals surface area contributed by atoms with Crippen molar-refractivity contribution < 1.29 is 0 Å². The van der Waals surface area contributed by atoms with Gasteiger partial charge in [-0.15, -0.1) is 11.3 Å². The molecule has 0 aliphatic heterocycles. The molecule has 5 heteroatoms. The zero-order chi connectivity index (χ0) is 13.1. The molecule has 19 heavy (non-hydrogen) atoms. The van der Waals surface area contributed by atoms with Gasteiger partial charge in [-0.2, -0.15) is 0 Å². The van der Waals surface area contributed by atoms with Gasteiger partial charge in [0, 0.05) is 43.3 Å². The summed E-state index contributed by atoms with van der Waals surface area (Å²) in [6.07, 6.45) is 6.67. The van der Waals surface area contributed by atoms with Gasteiger partial charge in [0.25, 0.3) is 0 Å². The van der Waals surface area contributed by atoms with Crippen LogP contribution in [0.4, 0.5) is 0 Å². The Morgan fingerprint density at radius 1 is 1.42 bits per heavy atom. The molecule has 0 radical (unpaired) electrons. The predicted molar refractivity (Wildman–Crippen MR) is 77.9 cm³/mol. The third-order valence-corrected chi connectivity index (χ3v) is 4.30. The molecule has 3 rings (SSSR count). The molecule has 1 aliphatic carbocycles. The summed E-state index contributed by atoms with van der Waals surface area (Å²) in [6.45, 7) is 3.50. The second-order valence-corrected chi connectivity index (χ2v) is 6.14. The molecule has 0 aromatic carbocycles. The van der Waals surface area contributed by atoms with Crippen molar-refractivity contribution in [3.05, 3.63) is 40.6 Å². The van der Waals surface area contributed by atoms with Gasteiger partial charge in [0.1, 0.15) is 0 Å². The van der Waals surface area contributed by atoms with Crippen molar-refractivity contribution >= 4 is 11.3 Å². The Labute approximate surface area is 117 Å². The number of hydrogen-bond acceptors (Lipinski definition) is 4. The standard InChI is InChI=1S/C14H20N4S/c15-5-6-17-8-12(16-11-17)9-18(13-3-4-13)10-14-2-1-7-19-14/h1-2,7-8,11,13H,3-6,9-10,15H2. The maximum Gasteiger partial charge on any atom is 0.0950 e. The zero-order valence-corrected chi connectivity index (χ0v) is 11.9. The van der Waals surface area contributed by atoms with Gasteiger partial charge in [0.2, 0.25) is 0 Å². The lowest BCUT2D eigenvalue weighted by Gasteiger charge is -2.19. The highest BCUT2D eigenvalue weighted by Crippen LogP contribution is 2.30. The predicted octanol–water partition coefficient (Wildman–Crippen LogP) is 2.07. The van der Waals surface area contributed by atoms with Crippen LogP contribution in [-0.4, -0.2) is 27.0 Å². The lowest BCUT2D eigenvalue weighted by atomic mass is 10.3. The minimum Gasteiger partial charge on any atom is -0.336 e. The Bertz CT molecular complexity index is 501. The smallest absolute Gasteiger partial charge is 0.0950 e. The third-order valence-electron chi connectivity index (χ3n) is 3.44. The number of rotatable bonds is 7. The molecule has 2 aromatic heterocycles. The van der Waals surface area contributed by atoms with Crippen molar-refractivity contribution in [1.29, 1.82) is 0 Å². The fourth-order valence-corrected chi connectivity index (χ4v) is 3.05. The van der Waals surface area contributed by atoms with E-state index in [1.54, 1.807) is 0 Å². The maximum atomic E-state index is 5.56. The number of imidazole rings is 1. The highest BCUT2D eigenvalue weighted by molar-refractivity contribution is 7.09. The summed E-state index contributed by atoms with van der Waals surface area (Å²) in [7, 11) is 0. The monoisotopic (exact) mass is 276 g/mol. The van der Waals surface area contributed by atoms with Gasteiger partial charge in [-0.1, -0.05) is 6.07 Å². The topological polar surface area (TPSA) is 47.1 Å². The number of nitrogens with zero attached hydrogens (tertiary/aromatic N) is 3. The Morgan fingerprint density at radius 2 is 2.32 bits per heavy atom. The van der Waals surface area contributed by atoms with Crippen LogP contribution in [0.15, 0.2) is 30.0 Å². The highest BCUT2D eigenvalue weighted by Gasteiger charge is 2.29. The molecule has 4 nitrogen and oxygen atoms in total. The normalized spacial score (nSPS) is 15.3. The molecule has 0 atom stereocenters. The summed E-state index contributed by atoms with van der Waals surface area (Å²) in [5, 5.41) is 2.15. The van der Waals surface area contributed by atoms with Gasteiger partial charge >= 0.3 is 0 Å². The Balaban J connectivity index is 1.63. The van der Waals surface area contributed by atoms with Crippen molar-refractivity contribution in [3.8, 4) is 0 Å². The van der Waals surface area contributed by atoms with E-state index in [1.165, 1.54) is 17.7 Å². The van der Waals surface area contributed by atoms with E-state index in [1.807, 2.05) is 17.7 Å². The van der Waals surface area contributed by atoms with E-state index in [4.69, 9.17) is 5.73 Å². The van der Waals surface area contributed by atoms with E-state index >= 15 is 0 Å². The first-order valence-electron chi connectivity index (χ1n) is 6.82. The molecule has 0 saturated heterocycles. The fourth-order valence-electron chi connectivity index (χ4n) is 2.32. The van der Waals surface area contributed by atoms with Gasteiger partial charge in [-0.05, 0) is 24.3 Å². The number of hydrogen-bond donors (Lipinski definition) is 1. The molecule has 1 saturated carbocycles. The minimum absolute atomic E-state index is 0.664. The second-order valence-electron chi connectivity index (χ2n) is 5.11. The van der Waals surface area contributed by atoms with Crippen LogP contribution in [0.3, 0.4) is 0 Å². The summed E-state index contributed by atoms with van der Waals surface area (Å²) < 4.78 is 2.07. The first-order chi connectivity index (χ1) is 9.35. The van der Waals surface area contributed by atoms with E-state index in [2.05, 4.69) is 38.2 Å². The van der Waals surface area contributed by atoms with E-state index in [9.17, 15) is 0 Å². The van der Waals surface area contributed by atoms with Crippen LogP contribution >= 0.6 is 11.3 Å². The van der Waals surface area contributed by atoms with Crippen molar-refractivity contribution in [1.82, 2.24) is 14.5 Å².